The summed E-state index contributed by atoms with van der Waals surface area (Å²) < 4.78 is 6.21. The van der Waals surface area contributed by atoms with Gasteiger partial charge < -0.3 is 14.5 Å². The predicted octanol–water partition coefficient (Wildman–Crippen LogP) is 2.98. The minimum absolute atomic E-state index is 0.119. The highest BCUT2D eigenvalue weighted by atomic mass is 16.5. The Morgan fingerprint density at radius 3 is 2.73 bits per heavy atom. The molecule has 0 saturated carbocycles. The lowest BCUT2D eigenvalue weighted by Gasteiger charge is -2.42. The van der Waals surface area contributed by atoms with Gasteiger partial charge >= 0.3 is 6.01 Å². The van der Waals surface area contributed by atoms with Crippen LogP contribution in [0.25, 0.3) is 0 Å². The van der Waals surface area contributed by atoms with Gasteiger partial charge in [0.1, 0.15) is 12.4 Å². The van der Waals surface area contributed by atoms with Crippen LogP contribution in [0, 0.1) is 11.3 Å². The molecule has 0 N–H and O–H groups in total. The molecule has 2 atom stereocenters. The molecule has 9 heteroatoms. The number of carbonyl (C=O) groups is 1. The van der Waals surface area contributed by atoms with E-state index < -0.39 is 0 Å². The molecule has 1 aromatic carbocycles. The minimum atomic E-state index is -0.200. The van der Waals surface area contributed by atoms with Gasteiger partial charge in [0.2, 0.25) is 5.91 Å². The van der Waals surface area contributed by atoms with Crippen molar-refractivity contribution >= 4 is 11.7 Å². The van der Waals surface area contributed by atoms with E-state index in [0.717, 1.165) is 69.9 Å². The molecule has 1 aromatic heterocycles. The number of amides is 1. The van der Waals surface area contributed by atoms with Gasteiger partial charge in [-0.1, -0.05) is 30.8 Å². The number of aromatic nitrogens is 2. The third kappa shape index (κ3) is 6.09. The number of ether oxygens (including phenoxy) is 1. The summed E-state index contributed by atoms with van der Waals surface area (Å²) in [6.45, 7) is 11.2. The van der Waals surface area contributed by atoms with Gasteiger partial charge in [-0.05, 0) is 62.4 Å². The molecule has 0 spiro atoms. The van der Waals surface area contributed by atoms with Crippen LogP contribution in [-0.4, -0.2) is 95.1 Å². The minimum Gasteiger partial charge on any atom is -0.462 e. The van der Waals surface area contributed by atoms with Crippen LogP contribution >= 0.6 is 0 Å². The quantitative estimate of drug-likeness (QED) is 0.460. The molecule has 1 aliphatic carbocycles. The van der Waals surface area contributed by atoms with Gasteiger partial charge in [-0.15, -0.1) is 0 Å². The van der Waals surface area contributed by atoms with Crippen LogP contribution in [0.3, 0.4) is 0 Å². The van der Waals surface area contributed by atoms with Crippen molar-refractivity contribution in [1.29, 1.82) is 5.26 Å². The smallest absolute Gasteiger partial charge is 0.318 e. The maximum Gasteiger partial charge on any atom is 0.318 e. The molecule has 41 heavy (non-hydrogen) atoms. The summed E-state index contributed by atoms with van der Waals surface area (Å²) in [5.74, 6) is 0.800. The van der Waals surface area contributed by atoms with Crippen LogP contribution in [0.1, 0.15) is 48.1 Å². The lowest BCUT2D eigenvalue weighted by molar-refractivity contribution is -0.128. The van der Waals surface area contributed by atoms with Crippen LogP contribution in [-0.2, 0) is 30.6 Å². The number of nitrogens with zero attached hydrogens (tertiary/aromatic N) is 7. The Morgan fingerprint density at radius 2 is 1.93 bits per heavy atom. The number of hydrogen-bond acceptors (Lipinski definition) is 8. The highest BCUT2D eigenvalue weighted by molar-refractivity contribution is 5.87. The van der Waals surface area contributed by atoms with Gasteiger partial charge in [0.05, 0.1) is 24.2 Å². The van der Waals surface area contributed by atoms with Crippen LogP contribution in [0.15, 0.2) is 36.9 Å². The Labute approximate surface area is 243 Å². The van der Waals surface area contributed by atoms with Crippen LogP contribution in [0.5, 0.6) is 6.01 Å². The van der Waals surface area contributed by atoms with Crippen LogP contribution in [0.2, 0.25) is 0 Å². The molecule has 2 aromatic rings. The zero-order chi connectivity index (χ0) is 28.2. The third-order valence-electron chi connectivity index (χ3n) is 9.29. The van der Waals surface area contributed by atoms with Crippen molar-refractivity contribution in [3.8, 4) is 12.1 Å². The van der Waals surface area contributed by atoms with Gasteiger partial charge in [-0.2, -0.15) is 15.2 Å². The second-order valence-corrected chi connectivity index (χ2v) is 11.7. The van der Waals surface area contributed by atoms with Crippen LogP contribution in [0.4, 0.5) is 5.82 Å². The number of likely N-dealkylation sites (tertiary alicyclic amines) is 1. The number of rotatable bonds is 8. The first kappa shape index (κ1) is 27.7. The summed E-state index contributed by atoms with van der Waals surface area (Å²) in [5.41, 5.74) is 5.20. The number of piperazine rings is 1. The number of fused-ring (bicyclic) bond motifs is 2. The van der Waals surface area contributed by atoms with Gasteiger partial charge in [0.15, 0.2) is 0 Å². The topological polar surface area (TPSA) is 88.8 Å². The Bertz CT molecular complexity index is 1300. The SMILES string of the molecule is C=CC(=O)N1CCN(c2nc(OCCN3CCCC3)nc3c2CCC(N2CCc4ccccc4C2)C3)C[C@@H]1CC#N. The molecule has 0 radical (unpaired) electrons. The molecule has 2 saturated heterocycles. The molecule has 4 heterocycles. The van der Waals surface area contributed by atoms with E-state index >= 15 is 0 Å². The first-order valence-corrected chi connectivity index (χ1v) is 15.2. The average Bonchev–Trinajstić information content (AvgIpc) is 3.53. The van der Waals surface area contributed by atoms with Gasteiger partial charge in [-0.3, -0.25) is 14.6 Å². The molecular weight excluding hydrogens is 514 g/mol. The molecular formula is C32H41N7O2. The summed E-state index contributed by atoms with van der Waals surface area (Å²) in [5, 5.41) is 9.50. The van der Waals surface area contributed by atoms with Crippen molar-refractivity contribution in [2.24, 2.45) is 0 Å². The molecule has 2 fully saturated rings. The molecule has 3 aliphatic heterocycles. The van der Waals surface area contributed by atoms with Crippen molar-refractivity contribution in [2.45, 2.75) is 63.6 Å². The summed E-state index contributed by atoms with van der Waals surface area (Å²) in [4.78, 5) is 31.6. The molecule has 4 aliphatic rings. The Balaban J connectivity index is 1.24. The van der Waals surface area contributed by atoms with Crippen molar-refractivity contribution in [1.82, 2.24) is 24.7 Å². The number of benzene rings is 1. The Kier molecular flexibility index (Phi) is 8.49. The second kappa shape index (κ2) is 12.6. The van der Waals surface area contributed by atoms with Crippen molar-refractivity contribution in [3.63, 3.8) is 0 Å². The average molecular weight is 556 g/mol. The van der Waals surface area contributed by atoms with Crippen molar-refractivity contribution < 1.29 is 9.53 Å². The van der Waals surface area contributed by atoms with Gasteiger partial charge in [-0.25, -0.2) is 0 Å². The zero-order valence-corrected chi connectivity index (χ0v) is 24.0. The normalized spacial score (nSPS) is 23.0. The van der Waals surface area contributed by atoms with Gasteiger partial charge in [0, 0.05) is 57.3 Å². The first-order valence-electron chi connectivity index (χ1n) is 15.2. The van der Waals surface area contributed by atoms with Crippen molar-refractivity contribution in [2.75, 3.05) is 57.3 Å². The molecule has 9 nitrogen and oxygen atoms in total. The van der Waals surface area contributed by atoms with E-state index in [4.69, 9.17) is 14.7 Å². The Morgan fingerprint density at radius 1 is 1.10 bits per heavy atom. The fourth-order valence-corrected chi connectivity index (χ4v) is 7.03. The predicted molar refractivity (Wildman–Crippen MR) is 158 cm³/mol. The fraction of sp³-hybridized carbons (Fsp3) is 0.562. The highest BCUT2D eigenvalue weighted by Crippen LogP contribution is 2.34. The summed E-state index contributed by atoms with van der Waals surface area (Å²) >= 11 is 0. The number of carbonyl (C=O) groups excluding carboxylic acids is 1. The highest BCUT2D eigenvalue weighted by Gasteiger charge is 2.35. The van der Waals surface area contributed by atoms with E-state index in [1.165, 1.54) is 35.6 Å². The second-order valence-electron chi connectivity index (χ2n) is 11.7. The van der Waals surface area contributed by atoms with Gasteiger partial charge in [0.25, 0.3) is 0 Å². The van der Waals surface area contributed by atoms with Crippen molar-refractivity contribution in [3.05, 3.63) is 59.3 Å². The summed E-state index contributed by atoms with van der Waals surface area (Å²) in [6.07, 6.45) is 8.09. The largest absolute Gasteiger partial charge is 0.462 e. The zero-order valence-electron chi connectivity index (χ0n) is 24.0. The number of hydrogen-bond donors (Lipinski definition) is 0. The lowest BCUT2D eigenvalue weighted by atomic mass is 9.88. The molecule has 1 unspecified atom stereocenters. The molecule has 216 valence electrons. The van der Waals surface area contributed by atoms with E-state index in [9.17, 15) is 10.1 Å². The van der Waals surface area contributed by atoms with Crippen LogP contribution < -0.4 is 9.64 Å². The maximum absolute atomic E-state index is 12.5. The van der Waals surface area contributed by atoms with E-state index in [0.29, 0.717) is 38.3 Å². The maximum atomic E-state index is 12.5. The van der Waals surface area contributed by atoms with E-state index in [1.807, 2.05) is 0 Å². The Hall–Kier alpha value is -3.48. The lowest BCUT2D eigenvalue weighted by Crippen LogP contribution is -2.55. The number of anilines is 1. The third-order valence-corrected chi connectivity index (χ3v) is 9.29. The first-order chi connectivity index (χ1) is 20.1. The van der Waals surface area contributed by atoms with E-state index in [-0.39, 0.29) is 18.4 Å². The van der Waals surface area contributed by atoms with E-state index in [1.54, 1.807) is 4.90 Å². The molecule has 6 rings (SSSR count). The standard InChI is InChI=1S/C32H41N7O2/c1-2-30(40)39-18-17-38(23-27(39)11-13-33)31-28-10-9-26(37-16-12-24-7-3-4-8-25(24)22-37)21-29(28)34-32(35-31)41-20-19-36-14-5-6-15-36/h2-4,7-8,26-27H,1,5-6,9-12,14-23H2/t26?,27-/m0/s1. The molecule has 1 amide bonds. The fourth-order valence-electron chi connectivity index (χ4n) is 7.03. The monoisotopic (exact) mass is 555 g/mol. The summed E-state index contributed by atoms with van der Waals surface area (Å²) in [6, 6.07) is 11.8. The number of nitriles is 1. The summed E-state index contributed by atoms with van der Waals surface area (Å²) in [7, 11) is 0. The van der Waals surface area contributed by atoms with E-state index in [2.05, 4.69) is 51.6 Å². The molecule has 0 bridgehead atoms.